The van der Waals surface area contributed by atoms with Gasteiger partial charge in [-0.25, -0.2) is 0 Å². The third-order valence-corrected chi connectivity index (χ3v) is 3.04. The number of rotatable bonds is 3. The van der Waals surface area contributed by atoms with E-state index in [2.05, 4.69) is 19.1 Å². The average molecular weight is 187 g/mol. The summed E-state index contributed by atoms with van der Waals surface area (Å²) < 4.78 is 0.206. The molecule has 0 aliphatic rings. The minimum atomic E-state index is 0.206. The molecule has 0 aliphatic carbocycles. The molecular weight excluding hydrogens is 176 g/mol. The molecule has 0 N–H and O–H groups in total. The normalized spacial score (nSPS) is 12.9. The highest BCUT2D eigenvalue weighted by molar-refractivity contribution is 8.01. The fourth-order valence-corrected chi connectivity index (χ4v) is 1.81. The van der Waals surface area contributed by atoms with Crippen LogP contribution in [0.1, 0.15) is 13.3 Å². The van der Waals surface area contributed by atoms with Gasteiger partial charge in [-0.2, -0.15) is 0 Å². The Morgan fingerprint density at radius 2 is 2.00 bits per heavy atom. The molecule has 0 saturated carbocycles. The van der Waals surface area contributed by atoms with Crippen molar-refractivity contribution in [2.75, 3.05) is 0 Å². The first-order chi connectivity index (χ1) is 5.33. The van der Waals surface area contributed by atoms with Crippen LogP contribution in [0.2, 0.25) is 0 Å². The standard InChI is InChI=1S/C9H11ClS/c1-2-9(10)11-8-6-4-3-5-7-8/h3-7,9H,2H2,1H3. The van der Waals surface area contributed by atoms with Gasteiger partial charge in [-0.15, -0.1) is 23.4 Å². The second-order valence-corrected chi connectivity index (χ2v) is 4.31. The molecule has 2 heteroatoms. The zero-order valence-corrected chi connectivity index (χ0v) is 8.03. The molecule has 60 valence electrons. The summed E-state index contributed by atoms with van der Waals surface area (Å²) in [5.74, 6) is 0. The summed E-state index contributed by atoms with van der Waals surface area (Å²) in [4.78, 5) is 1.24. The van der Waals surface area contributed by atoms with Crippen LogP contribution >= 0.6 is 23.4 Å². The highest BCUT2D eigenvalue weighted by Gasteiger charge is 2.01. The Morgan fingerprint density at radius 3 is 2.55 bits per heavy atom. The van der Waals surface area contributed by atoms with Crippen LogP contribution in [0.5, 0.6) is 0 Å². The molecule has 0 heterocycles. The van der Waals surface area contributed by atoms with Gasteiger partial charge in [0, 0.05) is 4.90 Å². The van der Waals surface area contributed by atoms with Crippen molar-refractivity contribution >= 4 is 23.4 Å². The van der Waals surface area contributed by atoms with Crippen molar-refractivity contribution in [3.8, 4) is 0 Å². The van der Waals surface area contributed by atoms with Crippen LogP contribution in [-0.2, 0) is 0 Å². The summed E-state index contributed by atoms with van der Waals surface area (Å²) >= 11 is 7.67. The van der Waals surface area contributed by atoms with Gasteiger partial charge in [0.05, 0.1) is 4.71 Å². The van der Waals surface area contributed by atoms with Crippen molar-refractivity contribution in [3.63, 3.8) is 0 Å². The Balaban J connectivity index is 2.51. The minimum absolute atomic E-state index is 0.206. The molecule has 0 aliphatic heterocycles. The zero-order chi connectivity index (χ0) is 8.10. The second-order valence-electron chi connectivity index (χ2n) is 2.25. The minimum Gasteiger partial charge on any atom is -0.111 e. The number of thioether (sulfide) groups is 1. The molecule has 1 aromatic rings. The Bertz CT molecular complexity index is 198. The number of benzene rings is 1. The van der Waals surface area contributed by atoms with E-state index in [1.807, 2.05) is 18.2 Å². The van der Waals surface area contributed by atoms with Crippen molar-refractivity contribution in [1.82, 2.24) is 0 Å². The Morgan fingerprint density at radius 1 is 1.36 bits per heavy atom. The molecule has 0 nitrogen and oxygen atoms in total. The molecule has 1 rings (SSSR count). The Labute approximate surface area is 77.0 Å². The summed E-state index contributed by atoms with van der Waals surface area (Å²) in [6.45, 7) is 2.09. The summed E-state index contributed by atoms with van der Waals surface area (Å²) in [7, 11) is 0. The molecule has 1 unspecified atom stereocenters. The molecule has 0 aromatic heterocycles. The van der Waals surface area contributed by atoms with Gasteiger partial charge in [-0.05, 0) is 18.6 Å². The van der Waals surface area contributed by atoms with E-state index < -0.39 is 0 Å². The van der Waals surface area contributed by atoms with E-state index in [-0.39, 0.29) is 4.71 Å². The lowest BCUT2D eigenvalue weighted by Crippen LogP contribution is -1.86. The molecule has 0 spiro atoms. The number of halogens is 1. The van der Waals surface area contributed by atoms with Crippen molar-refractivity contribution in [2.45, 2.75) is 22.9 Å². The first kappa shape index (κ1) is 8.95. The lowest BCUT2D eigenvalue weighted by atomic mass is 10.4. The summed E-state index contributed by atoms with van der Waals surface area (Å²) in [5.41, 5.74) is 0. The Hall–Kier alpha value is -0.140. The highest BCUT2D eigenvalue weighted by atomic mass is 35.5. The van der Waals surface area contributed by atoms with Gasteiger partial charge in [0.15, 0.2) is 0 Å². The third kappa shape index (κ3) is 3.17. The van der Waals surface area contributed by atoms with Gasteiger partial charge in [0.1, 0.15) is 0 Å². The Kier molecular flexibility index (Phi) is 3.81. The molecule has 0 radical (unpaired) electrons. The number of alkyl halides is 1. The van der Waals surface area contributed by atoms with Crippen LogP contribution < -0.4 is 0 Å². The molecule has 1 aromatic carbocycles. The van der Waals surface area contributed by atoms with Crippen LogP contribution in [0.3, 0.4) is 0 Å². The van der Waals surface area contributed by atoms with Crippen LogP contribution in [0.4, 0.5) is 0 Å². The van der Waals surface area contributed by atoms with E-state index in [1.54, 1.807) is 11.8 Å². The first-order valence-corrected chi connectivity index (χ1v) is 5.00. The van der Waals surface area contributed by atoms with E-state index in [9.17, 15) is 0 Å². The molecule has 0 amide bonds. The SMILES string of the molecule is CCC(Cl)Sc1ccccc1. The largest absolute Gasteiger partial charge is 0.111 e. The quantitative estimate of drug-likeness (QED) is 0.512. The lowest BCUT2D eigenvalue weighted by Gasteiger charge is -2.04. The zero-order valence-electron chi connectivity index (χ0n) is 6.46. The smallest absolute Gasteiger partial charge is 0.0833 e. The van der Waals surface area contributed by atoms with Gasteiger partial charge in [-0.1, -0.05) is 25.1 Å². The van der Waals surface area contributed by atoms with Crippen LogP contribution in [-0.4, -0.2) is 4.71 Å². The monoisotopic (exact) mass is 186 g/mol. The highest BCUT2D eigenvalue weighted by Crippen LogP contribution is 2.27. The predicted octanol–water partition coefficient (Wildman–Crippen LogP) is 3.75. The average Bonchev–Trinajstić information content (AvgIpc) is 2.06. The van der Waals surface area contributed by atoms with E-state index in [0.29, 0.717) is 0 Å². The van der Waals surface area contributed by atoms with Gasteiger partial charge in [-0.3, -0.25) is 0 Å². The maximum atomic E-state index is 5.96. The van der Waals surface area contributed by atoms with Gasteiger partial charge >= 0.3 is 0 Å². The summed E-state index contributed by atoms with van der Waals surface area (Å²) in [6, 6.07) is 10.2. The predicted molar refractivity (Wildman–Crippen MR) is 52.2 cm³/mol. The summed E-state index contributed by atoms with van der Waals surface area (Å²) in [5, 5.41) is 0. The fraction of sp³-hybridized carbons (Fsp3) is 0.333. The number of hydrogen-bond acceptors (Lipinski definition) is 1. The molecule has 1 atom stereocenters. The maximum absolute atomic E-state index is 5.96. The molecule has 11 heavy (non-hydrogen) atoms. The van der Waals surface area contributed by atoms with Crippen LogP contribution in [0, 0.1) is 0 Å². The maximum Gasteiger partial charge on any atom is 0.0833 e. The van der Waals surface area contributed by atoms with Crippen molar-refractivity contribution < 1.29 is 0 Å². The van der Waals surface area contributed by atoms with Gasteiger partial charge in [0.2, 0.25) is 0 Å². The van der Waals surface area contributed by atoms with Crippen molar-refractivity contribution in [3.05, 3.63) is 30.3 Å². The first-order valence-electron chi connectivity index (χ1n) is 3.68. The van der Waals surface area contributed by atoms with Crippen LogP contribution in [0.15, 0.2) is 35.2 Å². The second kappa shape index (κ2) is 4.68. The lowest BCUT2D eigenvalue weighted by molar-refractivity contribution is 1.05. The van der Waals surface area contributed by atoms with E-state index in [0.717, 1.165) is 6.42 Å². The fourth-order valence-electron chi connectivity index (χ4n) is 0.730. The number of hydrogen-bond donors (Lipinski definition) is 0. The molecular formula is C9H11ClS. The van der Waals surface area contributed by atoms with Crippen molar-refractivity contribution in [2.24, 2.45) is 0 Å². The molecule has 0 fully saturated rings. The van der Waals surface area contributed by atoms with Crippen LogP contribution in [0.25, 0.3) is 0 Å². The van der Waals surface area contributed by atoms with Gasteiger partial charge < -0.3 is 0 Å². The summed E-state index contributed by atoms with van der Waals surface area (Å²) in [6.07, 6.45) is 1.00. The third-order valence-electron chi connectivity index (χ3n) is 1.33. The van der Waals surface area contributed by atoms with Gasteiger partial charge in [0.25, 0.3) is 0 Å². The topological polar surface area (TPSA) is 0 Å². The molecule has 0 saturated heterocycles. The van der Waals surface area contributed by atoms with E-state index >= 15 is 0 Å². The van der Waals surface area contributed by atoms with Crippen molar-refractivity contribution in [1.29, 1.82) is 0 Å². The van der Waals surface area contributed by atoms with E-state index in [1.165, 1.54) is 4.90 Å². The van der Waals surface area contributed by atoms with E-state index in [4.69, 9.17) is 11.6 Å². The molecule has 0 bridgehead atoms.